The molecule has 24 heavy (non-hydrogen) atoms. The predicted molar refractivity (Wildman–Crippen MR) is 86.2 cm³/mol. The molecule has 0 radical (unpaired) electrons. The summed E-state index contributed by atoms with van der Waals surface area (Å²) in [6.07, 6.45) is 1.14. The van der Waals surface area contributed by atoms with Crippen LogP contribution in [0.1, 0.15) is 13.8 Å². The number of ether oxygens (including phenoxy) is 2. The average Bonchev–Trinajstić information content (AvgIpc) is 2.55. The third kappa shape index (κ3) is 3.97. The standard InChI is InChI=1S/C16H17N3O5/c1-3-23-14(20)11(15(21)24-4-2)9-17-13-10-7-5-6-8-12(10)18-16(22)19-13/h5-9H,3-4H2,1-2H3,(H2,17,18,19,22). The van der Waals surface area contributed by atoms with E-state index in [1.54, 1.807) is 38.1 Å². The first kappa shape index (κ1) is 17.2. The maximum absolute atomic E-state index is 11.9. The van der Waals surface area contributed by atoms with Gasteiger partial charge in [0, 0.05) is 11.6 Å². The molecule has 0 spiro atoms. The molecule has 0 fully saturated rings. The Kier molecular flexibility index (Phi) is 5.67. The van der Waals surface area contributed by atoms with Crippen LogP contribution in [0.15, 0.2) is 36.0 Å². The highest BCUT2D eigenvalue weighted by molar-refractivity contribution is 6.14. The third-order valence-corrected chi connectivity index (χ3v) is 2.94. The van der Waals surface area contributed by atoms with Gasteiger partial charge >= 0.3 is 17.9 Å². The molecule has 0 aliphatic heterocycles. The molecule has 1 aromatic carbocycles. The van der Waals surface area contributed by atoms with Crippen LogP contribution in [0.25, 0.3) is 10.9 Å². The number of hydrogen-bond acceptors (Lipinski definition) is 8. The molecule has 8 nitrogen and oxygen atoms in total. The molecular formula is C16H17N3O5. The lowest BCUT2D eigenvalue weighted by atomic mass is 10.2. The van der Waals surface area contributed by atoms with E-state index in [2.05, 4.69) is 15.3 Å². The van der Waals surface area contributed by atoms with Crippen LogP contribution in [0.4, 0.5) is 5.82 Å². The lowest BCUT2D eigenvalue weighted by Gasteiger charge is -2.09. The van der Waals surface area contributed by atoms with Crippen LogP contribution in [0.2, 0.25) is 0 Å². The van der Waals surface area contributed by atoms with Crippen LogP contribution in [0, 0.1) is 0 Å². The largest absolute Gasteiger partial charge is 0.479 e. The minimum Gasteiger partial charge on any atom is -0.479 e. The SMILES string of the molecule is CCOC(=O)C(=CNc1nc(O)nc2ccccc12)C(=O)OCC. The fourth-order valence-corrected chi connectivity index (χ4v) is 1.93. The van der Waals surface area contributed by atoms with E-state index in [1.807, 2.05) is 0 Å². The highest BCUT2D eigenvalue weighted by atomic mass is 16.6. The Morgan fingerprint density at radius 3 is 2.38 bits per heavy atom. The molecule has 0 amide bonds. The van der Waals surface area contributed by atoms with Gasteiger partial charge < -0.3 is 19.9 Å². The van der Waals surface area contributed by atoms with Gasteiger partial charge in [0.2, 0.25) is 0 Å². The van der Waals surface area contributed by atoms with Crippen LogP contribution in [0.3, 0.4) is 0 Å². The van der Waals surface area contributed by atoms with E-state index < -0.39 is 17.9 Å². The molecule has 0 atom stereocenters. The Morgan fingerprint density at radius 1 is 1.12 bits per heavy atom. The molecular weight excluding hydrogens is 314 g/mol. The number of nitrogens with one attached hydrogen (secondary N) is 1. The van der Waals surface area contributed by atoms with E-state index in [0.29, 0.717) is 10.9 Å². The summed E-state index contributed by atoms with van der Waals surface area (Å²) >= 11 is 0. The molecule has 8 heteroatoms. The molecule has 0 saturated carbocycles. The van der Waals surface area contributed by atoms with Crippen molar-refractivity contribution >= 4 is 28.7 Å². The van der Waals surface area contributed by atoms with Crippen molar-refractivity contribution in [1.29, 1.82) is 0 Å². The fraction of sp³-hybridized carbons (Fsp3) is 0.250. The summed E-state index contributed by atoms with van der Waals surface area (Å²) in [5.41, 5.74) is 0.204. The maximum Gasteiger partial charge on any atom is 0.347 e. The summed E-state index contributed by atoms with van der Waals surface area (Å²) in [5, 5.41) is 12.9. The van der Waals surface area contributed by atoms with E-state index in [4.69, 9.17) is 9.47 Å². The molecule has 1 aromatic heterocycles. The van der Waals surface area contributed by atoms with Gasteiger partial charge in [-0.2, -0.15) is 9.97 Å². The Morgan fingerprint density at radius 2 is 1.75 bits per heavy atom. The number of carbonyl (C=O) groups is 2. The lowest BCUT2D eigenvalue weighted by molar-refractivity contribution is -0.146. The minimum absolute atomic E-state index is 0.118. The molecule has 0 unspecified atom stereocenters. The van der Waals surface area contributed by atoms with Gasteiger partial charge in [0.15, 0.2) is 5.57 Å². The fourth-order valence-electron chi connectivity index (χ4n) is 1.93. The van der Waals surface area contributed by atoms with E-state index in [0.717, 1.165) is 6.20 Å². The van der Waals surface area contributed by atoms with Crippen LogP contribution in [0.5, 0.6) is 6.01 Å². The first-order chi connectivity index (χ1) is 11.6. The summed E-state index contributed by atoms with van der Waals surface area (Å²) in [4.78, 5) is 31.6. The van der Waals surface area contributed by atoms with E-state index in [9.17, 15) is 14.7 Å². The van der Waals surface area contributed by atoms with Crippen molar-refractivity contribution in [1.82, 2.24) is 9.97 Å². The number of aromatic nitrogens is 2. The van der Waals surface area contributed by atoms with Crippen LogP contribution < -0.4 is 5.32 Å². The van der Waals surface area contributed by atoms with Crippen LogP contribution in [-0.2, 0) is 19.1 Å². The van der Waals surface area contributed by atoms with Crippen molar-refractivity contribution in [3.05, 3.63) is 36.0 Å². The van der Waals surface area contributed by atoms with Crippen molar-refractivity contribution in [3.8, 4) is 6.01 Å². The third-order valence-electron chi connectivity index (χ3n) is 2.94. The maximum atomic E-state index is 11.9. The Bertz CT molecular complexity index is 768. The van der Waals surface area contributed by atoms with Crippen LogP contribution >= 0.6 is 0 Å². The van der Waals surface area contributed by atoms with E-state index in [1.165, 1.54) is 0 Å². The summed E-state index contributed by atoms with van der Waals surface area (Å²) in [7, 11) is 0. The van der Waals surface area contributed by atoms with Crippen molar-refractivity contribution in [2.45, 2.75) is 13.8 Å². The second-order valence-electron chi connectivity index (χ2n) is 4.53. The Hall–Kier alpha value is -3.16. The van der Waals surface area contributed by atoms with Gasteiger partial charge in [-0.25, -0.2) is 9.59 Å². The van der Waals surface area contributed by atoms with Crippen molar-refractivity contribution in [2.24, 2.45) is 0 Å². The number of esters is 2. The number of para-hydroxylation sites is 1. The van der Waals surface area contributed by atoms with Gasteiger partial charge in [-0.3, -0.25) is 0 Å². The summed E-state index contributed by atoms with van der Waals surface area (Å²) < 4.78 is 9.68. The second kappa shape index (κ2) is 7.91. The highest BCUT2D eigenvalue weighted by Crippen LogP contribution is 2.22. The molecule has 0 bridgehead atoms. The highest BCUT2D eigenvalue weighted by Gasteiger charge is 2.21. The number of anilines is 1. The number of nitrogens with zero attached hydrogens (tertiary/aromatic N) is 2. The number of aromatic hydroxyl groups is 1. The molecule has 1 heterocycles. The van der Waals surface area contributed by atoms with Gasteiger partial charge in [-0.1, -0.05) is 12.1 Å². The van der Waals surface area contributed by atoms with Gasteiger partial charge in [-0.15, -0.1) is 0 Å². The number of fused-ring (bicyclic) bond motifs is 1. The molecule has 2 aromatic rings. The van der Waals surface area contributed by atoms with Crippen molar-refractivity contribution in [3.63, 3.8) is 0 Å². The zero-order valence-electron chi connectivity index (χ0n) is 13.3. The van der Waals surface area contributed by atoms with Gasteiger partial charge in [0.25, 0.3) is 0 Å². The van der Waals surface area contributed by atoms with Gasteiger partial charge in [-0.05, 0) is 26.0 Å². The normalized spacial score (nSPS) is 10.1. The second-order valence-corrected chi connectivity index (χ2v) is 4.53. The molecule has 0 saturated heterocycles. The quantitative estimate of drug-likeness (QED) is 0.356. The first-order valence-electron chi connectivity index (χ1n) is 7.33. The number of carbonyl (C=O) groups excluding carboxylic acids is 2. The van der Waals surface area contributed by atoms with E-state index >= 15 is 0 Å². The summed E-state index contributed by atoms with van der Waals surface area (Å²) in [5.74, 6) is -1.39. The van der Waals surface area contributed by atoms with Gasteiger partial charge in [0.05, 0.1) is 18.7 Å². The summed E-state index contributed by atoms with van der Waals surface area (Å²) in [6, 6.07) is 6.54. The van der Waals surface area contributed by atoms with Crippen molar-refractivity contribution in [2.75, 3.05) is 18.5 Å². The van der Waals surface area contributed by atoms with Crippen LogP contribution in [-0.4, -0.2) is 40.2 Å². The number of rotatable bonds is 6. The molecule has 2 N–H and O–H groups in total. The molecule has 2 rings (SSSR count). The first-order valence-corrected chi connectivity index (χ1v) is 7.33. The molecule has 126 valence electrons. The smallest absolute Gasteiger partial charge is 0.347 e. The molecule has 0 aliphatic rings. The average molecular weight is 331 g/mol. The van der Waals surface area contributed by atoms with E-state index in [-0.39, 0.29) is 24.6 Å². The zero-order chi connectivity index (χ0) is 17.5. The number of hydrogen-bond donors (Lipinski definition) is 2. The Labute approximate surface area is 138 Å². The summed E-state index contributed by atoms with van der Waals surface area (Å²) in [6.45, 7) is 3.49. The van der Waals surface area contributed by atoms with Gasteiger partial charge in [0.1, 0.15) is 5.82 Å². The Balaban J connectivity index is 2.37. The number of benzene rings is 1. The monoisotopic (exact) mass is 331 g/mol. The minimum atomic E-state index is -0.814. The molecule has 0 aliphatic carbocycles. The lowest BCUT2D eigenvalue weighted by Crippen LogP contribution is -2.19. The zero-order valence-corrected chi connectivity index (χ0v) is 13.3. The topological polar surface area (TPSA) is 111 Å². The predicted octanol–water partition coefficient (Wildman–Crippen LogP) is 1.76. The van der Waals surface area contributed by atoms with Crippen molar-refractivity contribution < 1.29 is 24.2 Å².